The molecule has 0 N–H and O–H groups in total. The SMILES string of the molecule is CCOC(C)c1ccc(Oc2ccc(C(F)(F)F)cc2)cc1. The Labute approximate surface area is 127 Å². The Hall–Kier alpha value is -2.01. The predicted molar refractivity (Wildman–Crippen MR) is 78.0 cm³/mol. The van der Waals surface area contributed by atoms with E-state index in [0.717, 1.165) is 17.7 Å². The van der Waals surface area contributed by atoms with Gasteiger partial charge in [0.25, 0.3) is 0 Å². The van der Waals surface area contributed by atoms with E-state index in [0.29, 0.717) is 18.1 Å². The maximum Gasteiger partial charge on any atom is 0.416 e. The lowest BCUT2D eigenvalue weighted by Crippen LogP contribution is -2.04. The summed E-state index contributed by atoms with van der Waals surface area (Å²) >= 11 is 0. The monoisotopic (exact) mass is 310 g/mol. The van der Waals surface area contributed by atoms with Gasteiger partial charge in [0.15, 0.2) is 0 Å². The number of alkyl halides is 3. The third-order valence-corrected chi connectivity index (χ3v) is 3.18. The highest BCUT2D eigenvalue weighted by Crippen LogP contribution is 2.31. The van der Waals surface area contributed by atoms with Crippen LogP contribution in [0.3, 0.4) is 0 Å². The summed E-state index contributed by atoms with van der Waals surface area (Å²) in [6.45, 7) is 4.51. The lowest BCUT2D eigenvalue weighted by atomic mass is 10.1. The first-order valence-corrected chi connectivity index (χ1v) is 6.97. The fraction of sp³-hybridized carbons (Fsp3) is 0.294. The van der Waals surface area contributed by atoms with Gasteiger partial charge >= 0.3 is 6.18 Å². The normalized spacial score (nSPS) is 13.0. The molecule has 118 valence electrons. The maximum absolute atomic E-state index is 12.5. The van der Waals surface area contributed by atoms with Gasteiger partial charge in [0.05, 0.1) is 11.7 Å². The Morgan fingerprint density at radius 2 is 1.41 bits per heavy atom. The fourth-order valence-corrected chi connectivity index (χ4v) is 2.00. The van der Waals surface area contributed by atoms with Crippen molar-refractivity contribution in [3.8, 4) is 11.5 Å². The average molecular weight is 310 g/mol. The van der Waals surface area contributed by atoms with Crippen LogP contribution in [0.25, 0.3) is 0 Å². The van der Waals surface area contributed by atoms with E-state index in [-0.39, 0.29) is 6.10 Å². The summed E-state index contributed by atoms with van der Waals surface area (Å²) in [7, 11) is 0. The van der Waals surface area contributed by atoms with E-state index in [9.17, 15) is 13.2 Å². The molecule has 2 rings (SSSR count). The Morgan fingerprint density at radius 1 is 0.909 bits per heavy atom. The molecule has 2 aromatic carbocycles. The van der Waals surface area contributed by atoms with E-state index in [4.69, 9.17) is 9.47 Å². The Morgan fingerprint density at radius 3 is 1.86 bits per heavy atom. The summed E-state index contributed by atoms with van der Waals surface area (Å²) in [5, 5.41) is 0. The van der Waals surface area contributed by atoms with Gasteiger partial charge in [0.1, 0.15) is 11.5 Å². The number of halogens is 3. The predicted octanol–water partition coefficient (Wildman–Crippen LogP) is 5.60. The summed E-state index contributed by atoms with van der Waals surface area (Å²) in [5.74, 6) is 0.922. The fourth-order valence-electron chi connectivity index (χ4n) is 2.00. The van der Waals surface area contributed by atoms with E-state index >= 15 is 0 Å². The van der Waals surface area contributed by atoms with Crippen molar-refractivity contribution in [1.29, 1.82) is 0 Å². The molecular weight excluding hydrogens is 293 g/mol. The first kappa shape index (κ1) is 16.4. The molecule has 0 aromatic heterocycles. The van der Waals surface area contributed by atoms with Gasteiger partial charge in [-0.2, -0.15) is 13.2 Å². The van der Waals surface area contributed by atoms with Crippen molar-refractivity contribution in [1.82, 2.24) is 0 Å². The highest BCUT2D eigenvalue weighted by atomic mass is 19.4. The minimum absolute atomic E-state index is 0.00915. The van der Waals surface area contributed by atoms with Crippen molar-refractivity contribution in [2.75, 3.05) is 6.61 Å². The molecule has 0 saturated carbocycles. The third-order valence-electron chi connectivity index (χ3n) is 3.18. The number of rotatable bonds is 5. The average Bonchev–Trinajstić information content (AvgIpc) is 2.48. The largest absolute Gasteiger partial charge is 0.457 e. The van der Waals surface area contributed by atoms with Crippen LogP contribution in [0.1, 0.15) is 31.1 Å². The molecular formula is C17H17F3O2. The number of hydrogen-bond acceptors (Lipinski definition) is 2. The zero-order valence-electron chi connectivity index (χ0n) is 12.4. The molecule has 0 radical (unpaired) electrons. The minimum Gasteiger partial charge on any atom is -0.457 e. The summed E-state index contributed by atoms with van der Waals surface area (Å²) in [6.07, 6.45) is -4.35. The van der Waals surface area contributed by atoms with E-state index in [1.807, 2.05) is 26.0 Å². The van der Waals surface area contributed by atoms with Crippen molar-refractivity contribution in [2.45, 2.75) is 26.1 Å². The third kappa shape index (κ3) is 4.24. The quantitative estimate of drug-likeness (QED) is 0.716. The van der Waals surface area contributed by atoms with Gasteiger partial charge in [-0.1, -0.05) is 12.1 Å². The summed E-state index contributed by atoms with van der Waals surface area (Å²) in [5.41, 5.74) is 0.322. The van der Waals surface area contributed by atoms with E-state index < -0.39 is 11.7 Å². The van der Waals surface area contributed by atoms with Crippen molar-refractivity contribution in [3.63, 3.8) is 0 Å². The topological polar surface area (TPSA) is 18.5 Å². The zero-order valence-corrected chi connectivity index (χ0v) is 12.4. The highest BCUT2D eigenvalue weighted by molar-refractivity contribution is 5.35. The second-order valence-corrected chi connectivity index (χ2v) is 4.79. The smallest absolute Gasteiger partial charge is 0.416 e. The summed E-state index contributed by atoms with van der Waals surface area (Å²) < 4.78 is 48.4. The number of benzene rings is 2. The minimum atomic E-state index is -4.34. The van der Waals surface area contributed by atoms with Crippen LogP contribution in [0.15, 0.2) is 48.5 Å². The van der Waals surface area contributed by atoms with Gasteiger partial charge in [-0.25, -0.2) is 0 Å². The van der Waals surface area contributed by atoms with Crippen LogP contribution >= 0.6 is 0 Å². The van der Waals surface area contributed by atoms with Gasteiger partial charge in [0.2, 0.25) is 0 Å². The van der Waals surface area contributed by atoms with Gasteiger partial charge in [-0.05, 0) is 55.8 Å². The molecule has 0 aliphatic heterocycles. The van der Waals surface area contributed by atoms with Crippen LogP contribution in [-0.4, -0.2) is 6.61 Å². The van der Waals surface area contributed by atoms with Gasteiger partial charge in [0, 0.05) is 6.61 Å². The van der Waals surface area contributed by atoms with Crippen molar-refractivity contribution in [2.24, 2.45) is 0 Å². The highest BCUT2D eigenvalue weighted by Gasteiger charge is 2.30. The first-order valence-electron chi connectivity index (χ1n) is 6.97. The zero-order chi connectivity index (χ0) is 16.2. The van der Waals surface area contributed by atoms with Crippen LogP contribution < -0.4 is 4.74 Å². The molecule has 0 saturated heterocycles. The molecule has 0 amide bonds. The maximum atomic E-state index is 12.5. The van der Waals surface area contributed by atoms with Crippen LogP contribution in [0.4, 0.5) is 13.2 Å². The molecule has 0 aliphatic carbocycles. The lowest BCUT2D eigenvalue weighted by Gasteiger charge is -2.13. The molecule has 0 bridgehead atoms. The second kappa shape index (κ2) is 6.83. The lowest BCUT2D eigenvalue weighted by molar-refractivity contribution is -0.137. The van der Waals surface area contributed by atoms with Crippen molar-refractivity contribution in [3.05, 3.63) is 59.7 Å². The van der Waals surface area contributed by atoms with Crippen molar-refractivity contribution >= 4 is 0 Å². The molecule has 0 aliphatic rings. The Kier molecular flexibility index (Phi) is 5.08. The molecule has 1 atom stereocenters. The van der Waals surface area contributed by atoms with E-state index in [1.54, 1.807) is 12.1 Å². The molecule has 0 fully saturated rings. The first-order chi connectivity index (χ1) is 10.4. The molecule has 2 aromatic rings. The van der Waals surface area contributed by atoms with Crippen LogP contribution in [0, 0.1) is 0 Å². The molecule has 0 spiro atoms. The van der Waals surface area contributed by atoms with Crippen LogP contribution in [0.5, 0.6) is 11.5 Å². The van der Waals surface area contributed by atoms with Crippen LogP contribution in [-0.2, 0) is 10.9 Å². The number of ether oxygens (including phenoxy) is 2. The summed E-state index contributed by atoms with van der Waals surface area (Å²) in [6, 6.07) is 11.9. The molecule has 5 heteroatoms. The van der Waals surface area contributed by atoms with Crippen molar-refractivity contribution < 1.29 is 22.6 Å². The van der Waals surface area contributed by atoms with Gasteiger partial charge < -0.3 is 9.47 Å². The summed E-state index contributed by atoms with van der Waals surface area (Å²) in [4.78, 5) is 0. The molecule has 22 heavy (non-hydrogen) atoms. The Bertz CT molecular complexity index is 589. The molecule has 1 unspecified atom stereocenters. The van der Waals surface area contributed by atoms with E-state index in [1.165, 1.54) is 12.1 Å². The van der Waals surface area contributed by atoms with Crippen LogP contribution in [0.2, 0.25) is 0 Å². The molecule has 0 heterocycles. The second-order valence-electron chi connectivity index (χ2n) is 4.79. The Balaban J connectivity index is 2.05. The standard InChI is InChI=1S/C17H17F3O2/c1-3-21-12(2)13-4-8-15(9-5-13)22-16-10-6-14(7-11-16)17(18,19)20/h4-12H,3H2,1-2H3. The van der Waals surface area contributed by atoms with E-state index in [2.05, 4.69) is 0 Å². The molecule has 2 nitrogen and oxygen atoms in total. The van der Waals surface area contributed by atoms with Gasteiger partial charge in [-0.15, -0.1) is 0 Å². The van der Waals surface area contributed by atoms with Gasteiger partial charge in [-0.3, -0.25) is 0 Å². The number of hydrogen-bond donors (Lipinski definition) is 0.